The summed E-state index contributed by atoms with van der Waals surface area (Å²) in [5.41, 5.74) is 1.05. The van der Waals surface area contributed by atoms with E-state index in [0.717, 1.165) is 42.4 Å². The molecule has 2 aliphatic rings. The maximum Gasteiger partial charge on any atom is 0.500 e. The molecule has 1 aromatic rings. The van der Waals surface area contributed by atoms with E-state index in [9.17, 15) is 0 Å². The van der Waals surface area contributed by atoms with Gasteiger partial charge in [0.1, 0.15) is 11.5 Å². The highest BCUT2D eigenvalue weighted by Crippen LogP contribution is 2.42. The predicted molar refractivity (Wildman–Crippen MR) is 94.8 cm³/mol. The standard InChI is InChI=1S/C18H28O6Si/c1-19-25(20-2,21-3)12-6-11-22-16-7-8-17-15(13-16)14-23-18(24-17)9-4-5-10-18/h7-8,13H,4-6,9-12,14H2,1-3H3. The number of hydrogen-bond donors (Lipinski definition) is 0. The van der Waals surface area contributed by atoms with Crippen molar-refractivity contribution in [2.24, 2.45) is 0 Å². The Morgan fingerprint density at radius 3 is 2.48 bits per heavy atom. The molecule has 0 radical (unpaired) electrons. The van der Waals surface area contributed by atoms with Crippen LogP contribution in [0.25, 0.3) is 0 Å². The molecule has 1 heterocycles. The van der Waals surface area contributed by atoms with E-state index < -0.39 is 8.80 Å². The minimum Gasteiger partial charge on any atom is -0.494 e. The zero-order chi connectivity index (χ0) is 17.8. The van der Waals surface area contributed by atoms with Gasteiger partial charge >= 0.3 is 8.80 Å². The van der Waals surface area contributed by atoms with E-state index in [0.29, 0.717) is 13.2 Å². The number of fused-ring (bicyclic) bond motifs is 1. The van der Waals surface area contributed by atoms with Crippen LogP contribution in [0.15, 0.2) is 18.2 Å². The van der Waals surface area contributed by atoms with Crippen molar-refractivity contribution in [3.8, 4) is 11.5 Å². The van der Waals surface area contributed by atoms with E-state index in [1.54, 1.807) is 21.3 Å². The smallest absolute Gasteiger partial charge is 0.494 e. The van der Waals surface area contributed by atoms with Crippen LogP contribution in [0, 0.1) is 0 Å². The van der Waals surface area contributed by atoms with Gasteiger partial charge in [-0.2, -0.15) is 0 Å². The summed E-state index contributed by atoms with van der Waals surface area (Å²) in [4.78, 5) is 0. The fourth-order valence-corrected chi connectivity index (χ4v) is 5.18. The van der Waals surface area contributed by atoms with Gasteiger partial charge in [-0.3, -0.25) is 0 Å². The van der Waals surface area contributed by atoms with Crippen LogP contribution >= 0.6 is 0 Å². The van der Waals surface area contributed by atoms with Crippen molar-refractivity contribution in [3.05, 3.63) is 23.8 Å². The van der Waals surface area contributed by atoms with Gasteiger partial charge in [-0.05, 0) is 37.5 Å². The van der Waals surface area contributed by atoms with Gasteiger partial charge < -0.3 is 27.5 Å². The first-order chi connectivity index (χ1) is 12.1. The largest absolute Gasteiger partial charge is 0.500 e. The molecule has 6 nitrogen and oxygen atoms in total. The summed E-state index contributed by atoms with van der Waals surface area (Å²) < 4.78 is 34.2. The van der Waals surface area contributed by atoms with Gasteiger partial charge in [-0.1, -0.05) is 0 Å². The lowest BCUT2D eigenvalue weighted by atomic mass is 10.1. The minimum absolute atomic E-state index is 0.385. The Morgan fingerprint density at radius 1 is 1.08 bits per heavy atom. The molecule has 7 heteroatoms. The summed E-state index contributed by atoms with van der Waals surface area (Å²) in [6, 6.07) is 6.67. The quantitative estimate of drug-likeness (QED) is 0.517. The Kier molecular flexibility index (Phi) is 6.01. The topological polar surface area (TPSA) is 55.4 Å². The van der Waals surface area contributed by atoms with Crippen LogP contribution in [-0.2, 0) is 24.6 Å². The van der Waals surface area contributed by atoms with Gasteiger partial charge in [0.05, 0.1) is 13.2 Å². The van der Waals surface area contributed by atoms with Crippen LogP contribution in [0.2, 0.25) is 6.04 Å². The minimum atomic E-state index is -2.52. The predicted octanol–water partition coefficient (Wildman–Crippen LogP) is 3.51. The van der Waals surface area contributed by atoms with E-state index in [-0.39, 0.29) is 5.79 Å². The molecule has 1 fully saturated rings. The molecule has 0 saturated heterocycles. The molecule has 1 aromatic carbocycles. The molecule has 140 valence electrons. The Bertz CT molecular complexity index is 560. The van der Waals surface area contributed by atoms with Gasteiger partial charge in [-0.25, -0.2) is 0 Å². The fourth-order valence-electron chi connectivity index (χ4n) is 3.49. The van der Waals surface area contributed by atoms with Crippen molar-refractivity contribution < 1.29 is 27.5 Å². The molecule has 25 heavy (non-hydrogen) atoms. The monoisotopic (exact) mass is 368 g/mol. The molecule has 0 aromatic heterocycles. The Morgan fingerprint density at radius 2 is 1.80 bits per heavy atom. The summed E-state index contributed by atoms with van der Waals surface area (Å²) in [5, 5.41) is 0. The highest BCUT2D eigenvalue weighted by Gasteiger charge is 2.40. The Balaban J connectivity index is 1.52. The van der Waals surface area contributed by atoms with Crippen LogP contribution in [0.4, 0.5) is 0 Å². The molecule has 0 N–H and O–H groups in total. The van der Waals surface area contributed by atoms with Gasteiger partial charge in [0.2, 0.25) is 5.79 Å². The van der Waals surface area contributed by atoms with Gasteiger partial charge in [-0.15, -0.1) is 0 Å². The first kappa shape index (κ1) is 18.7. The summed E-state index contributed by atoms with van der Waals surface area (Å²) in [6.07, 6.45) is 5.11. The number of ether oxygens (including phenoxy) is 3. The molecule has 0 unspecified atom stereocenters. The maximum absolute atomic E-state index is 6.13. The summed E-state index contributed by atoms with van der Waals surface area (Å²) in [6.45, 7) is 1.16. The third kappa shape index (κ3) is 4.17. The first-order valence-electron chi connectivity index (χ1n) is 8.88. The molecule has 1 saturated carbocycles. The third-order valence-corrected chi connectivity index (χ3v) is 7.84. The Labute approximate surface area is 150 Å². The molecule has 1 aliphatic heterocycles. The van der Waals surface area contributed by atoms with Gasteiger partial charge in [0, 0.05) is 45.8 Å². The average molecular weight is 369 g/mol. The van der Waals surface area contributed by atoms with E-state index in [4.69, 9.17) is 27.5 Å². The number of hydrogen-bond acceptors (Lipinski definition) is 6. The van der Waals surface area contributed by atoms with Crippen molar-refractivity contribution in [1.29, 1.82) is 0 Å². The van der Waals surface area contributed by atoms with Crippen molar-refractivity contribution in [3.63, 3.8) is 0 Å². The van der Waals surface area contributed by atoms with Crippen molar-refractivity contribution >= 4 is 8.80 Å². The highest BCUT2D eigenvalue weighted by atomic mass is 28.4. The molecule has 1 aliphatic carbocycles. The zero-order valence-electron chi connectivity index (χ0n) is 15.3. The average Bonchev–Trinajstić information content (AvgIpc) is 3.10. The van der Waals surface area contributed by atoms with Crippen molar-refractivity contribution in [1.82, 2.24) is 0 Å². The van der Waals surface area contributed by atoms with Crippen molar-refractivity contribution in [2.75, 3.05) is 27.9 Å². The lowest BCUT2D eigenvalue weighted by molar-refractivity contribution is -0.200. The van der Waals surface area contributed by atoms with Crippen LogP contribution in [0.1, 0.15) is 37.7 Å². The fraction of sp³-hybridized carbons (Fsp3) is 0.667. The summed E-state index contributed by atoms with van der Waals surface area (Å²) in [7, 11) is 2.36. The lowest BCUT2D eigenvalue weighted by Gasteiger charge is -2.35. The normalized spacial score (nSPS) is 18.8. The van der Waals surface area contributed by atoms with Crippen LogP contribution in [-0.4, -0.2) is 42.5 Å². The second-order valence-corrected chi connectivity index (χ2v) is 9.62. The van der Waals surface area contributed by atoms with Crippen LogP contribution in [0.3, 0.4) is 0 Å². The Hall–Kier alpha value is -1.12. The molecular formula is C18H28O6Si. The maximum atomic E-state index is 6.13. The van der Waals surface area contributed by atoms with E-state index in [1.807, 2.05) is 18.2 Å². The molecule has 0 bridgehead atoms. The second kappa shape index (κ2) is 8.05. The van der Waals surface area contributed by atoms with E-state index in [2.05, 4.69) is 0 Å². The second-order valence-electron chi connectivity index (χ2n) is 6.53. The van der Waals surface area contributed by atoms with Crippen LogP contribution in [0.5, 0.6) is 11.5 Å². The zero-order valence-corrected chi connectivity index (χ0v) is 16.3. The first-order valence-corrected chi connectivity index (χ1v) is 10.8. The van der Waals surface area contributed by atoms with Crippen LogP contribution < -0.4 is 9.47 Å². The van der Waals surface area contributed by atoms with E-state index in [1.165, 1.54) is 12.8 Å². The molecule has 1 spiro atoms. The number of rotatable bonds is 8. The lowest BCUT2D eigenvalue weighted by Crippen LogP contribution is -2.42. The summed E-state index contributed by atoms with van der Waals surface area (Å²) in [5.74, 6) is 1.36. The number of benzene rings is 1. The molecule has 0 amide bonds. The molecule has 0 atom stereocenters. The van der Waals surface area contributed by atoms with Gasteiger partial charge in [0.15, 0.2) is 0 Å². The summed E-state index contributed by atoms with van der Waals surface area (Å²) >= 11 is 0. The van der Waals surface area contributed by atoms with Gasteiger partial charge in [0.25, 0.3) is 0 Å². The highest BCUT2D eigenvalue weighted by molar-refractivity contribution is 6.60. The molecular weight excluding hydrogens is 340 g/mol. The van der Waals surface area contributed by atoms with Crippen molar-refractivity contribution in [2.45, 2.75) is 50.5 Å². The third-order valence-electron chi connectivity index (χ3n) is 5.01. The molecule has 3 rings (SSSR count). The SMILES string of the molecule is CO[Si](CCCOc1ccc2c(c1)COC1(CCCC1)O2)(OC)OC. The van der Waals surface area contributed by atoms with E-state index >= 15 is 0 Å².